The van der Waals surface area contributed by atoms with Crippen LogP contribution >= 0.6 is 0 Å². The van der Waals surface area contributed by atoms with Crippen molar-refractivity contribution >= 4 is 17.6 Å². The normalized spacial score (nSPS) is 20.7. The molecule has 0 saturated carbocycles. The van der Waals surface area contributed by atoms with Gasteiger partial charge in [0.1, 0.15) is 6.61 Å². The molecule has 3 aliphatic heterocycles. The Hall–Kier alpha value is -2.67. The summed E-state index contributed by atoms with van der Waals surface area (Å²) in [5.41, 5.74) is 10.9. The number of hydrogen-bond donors (Lipinski definition) is 1. The average Bonchev–Trinajstić information content (AvgIpc) is 3.17. The minimum atomic E-state index is -0.181. The van der Waals surface area contributed by atoms with E-state index in [0.29, 0.717) is 17.8 Å². The zero-order valence-corrected chi connectivity index (χ0v) is 18.3. The van der Waals surface area contributed by atoms with Crippen LogP contribution in [0.5, 0.6) is 0 Å². The van der Waals surface area contributed by atoms with Crippen LogP contribution in [-0.2, 0) is 17.8 Å². The van der Waals surface area contributed by atoms with Crippen molar-refractivity contribution in [2.45, 2.75) is 45.6 Å². The lowest BCUT2D eigenvalue weighted by molar-refractivity contribution is 0.0535. The number of cyclic esters (lactones) is 1. The highest BCUT2D eigenvalue weighted by molar-refractivity contribution is 5.93. The Morgan fingerprint density at radius 2 is 1.77 bits per heavy atom. The van der Waals surface area contributed by atoms with E-state index < -0.39 is 0 Å². The Labute approximate surface area is 183 Å². The van der Waals surface area contributed by atoms with Gasteiger partial charge in [-0.05, 0) is 74.7 Å². The van der Waals surface area contributed by atoms with Gasteiger partial charge in [0.25, 0.3) is 0 Å². The first-order valence-electron chi connectivity index (χ1n) is 11.4. The molecule has 1 aromatic heterocycles. The Morgan fingerprint density at radius 1 is 1.06 bits per heavy atom. The van der Waals surface area contributed by atoms with Gasteiger partial charge in [0.15, 0.2) is 11.6 Å². The Bertz CT molecular complexity index is 974. The molecule has 4 heterocycles. The summed E-state index contributed by atoms with van der Waals surface area (Å²) in [6.45, 7) is 7.98. The third-order valence-electron chi connectivity index (χ3n) is 7.72. The van der Waals surface area contributed by atoms with Gasteiger partial charge in [0.2, 0.25) is 0 Å². The quantitative estimate of drug-likeness (QED) is 0.760. The average molecular weight is 422 g/mol. The van der Waals surface area contributed by atoms with E-state index in [0.717, 1.165) is 43.0 Å². The maximum atomic E-state index is 11.8. The first-order chi connectivity index (χ1) is 15.0. The van der Waals surface area contributed by atoms with E-state index in [9.17, 15) is 4.79 Å². The number of esters is 1. The van der Waals surface area contributed by atoms with Crippen molar-refractivity contribution in [3.05, 3.63) is 46.8 Å². The van der Waals surface area contributed by atoms with Crippen LogP contribution in [0.2, 0.25) is 0 Å². The maximum absolute atomic E-state index is 11.8. The second-order valence-corrected chi connectivity index (χ2v) is 9.30. The van der Waals surface area contributed by atoms with Crippen LogP contribution in [-0.4, -0.2) is 53.6 Å². The topological polar surface area (TPSA) is 84.6 Å². The van der Waals surface area contributed by atoms with Gasteiger partial charge in [-0.15, -0.1) is 0 Å². The zero-order chi connectivity index (χ0) is 21.4. The minimum Gasteiger partial charge on any atom is -0.457 e. The SMILES string of the molecule is Cc1c(CCN2CCC3(CC2)CCN(c2nccnc2N)CC3)ccc2c1COC2=O. The number of hydrogen-bond acceptors (Lipinski definition) is 7. The second-order valence-electron chi connectivity index (χ2n) is 9.30. The summed E-state index contributed by atoms with van der Waals surface area (Å²) in [4.78, 5) is 25.3. The van der Waals surface area contributed by atoms with Crippen molar-refractivity contribution in [1.29, 1.82) is 0 Å². The van der Waals surface area contributed by atoms with Gasteiger partial charge in [0, 0.05) is 37.6 Å². The molecule has 2 saturated heterocycles. The molecule has 5 rings (SSSR count). The van der Waals surface area contributed by atoms with E-state index in [1.165, 1.54) is 49.9 Å². The van der Waals surface area contributed by atoms with Gasteiger partial charge >= 0.3 is 5.97 Å². The molecule has 0 amide bonds. The summed E-state index contributed by atoms with van der Waals surface area (Å²) < 4.78 is 5.19. The van der Waals surface area contributed by atoms with Gasteiger partial charge < -0.3 is 20.3 Å². The molecule has 1 spiro atoms. The molecule has 2 aromatic rings. The first-order valence-corrected chi connectivity index (χ1v) is 11.4. The molecular formula is C24H31N5O2. The standard InChI is InChI=1S/C24H31N5O2/c1-17-18(2-3-19-20(17)16-31-23(19)30)4-11-28-12-5-24(6-13-28)7-14-29(15-8-24)22-21(25)26-9-10-27-22/h2-3,9-10H,4-8,11-16H2,1H3,(H2,25,26). The summed E-state index contributed by atoms with van der Waals surface area (Å²) >= 11 is 0. The summed E-state index contributed by atoms with van der Waals surface area (Å²) in [6, 6.07) is 4.05. The molecule has 31 heavy (non-hydrogen) atoms. The third-order valence-corrected chi connectivity index (χ3v) is 7.72. The van der Waals surface area contributed by atoms with Gasteiger partial charge in [0.05, 0.1) is 5.56 Å². The van der Waals surface area contributed by atoms with Gasteiger partial charge in [-0.1, -0.05) is 6.07 Å². The van der Waals surface area contributed by atoms with E-state index in [1.54, 1.807) is 12.4 Å². The number of anilines is 2. The molecule has 7 heteroatoms. The summed E-state index contributed by atoms with van der Waals surface area (Å²) in [7, 11) is 0. The number of benzene rings is 1. The molecule has 1 aromatic carbocycles. The van der Waals surface area contributed by atoms with Crippen LogP contribution in [0.1, 0.15) is 52.7 Å². The van der Waals surface area contributed by atoms with Crippen LogP contribution in [0, 0.1) is 12.3 Å². The largest absolute Gasteiger partial charge is 0.457 e. The summed E-state index contributed by atoms with van der Waals surface area (Å²) in [5.74, 6) is 1.19. The van der Waals surface area contributed by atoms with Crippen LogP contribution in [0.15, 0.2) is 24.5 Å². The molecule has 164 valence electrons. The second kappa shape index (κ2) is 8.11. The van der Waals surface area contributed by atoms with E-state index in [2.05, 4.69) is 32.8 Å². The summed E-state index contributed by atoms with van der Waals surface area (Å²) in [6.07, 6.45) is 9.34. The Kier molecular flexibility index (Phi) is 5.30. The minimum absolute atomic E-state index is 0.181. The highest BCUT2D eigenvalue weighted by Crippen LogP contribution is 2.42. The fraction of sp³-hybridized carbons (Fsp3) is 0.542. The van der Waals surface area contributed by atoms with E-state index >= 15 is 0 Å². The molecular weight excluding hydrogens is 390 g/mol. The summed E-state index contributed by atoms with van der Waals surface area (Å²) in [5, 5.41) is 0. The number of nitrogen functional groups attached to an aromatic ring is 1. The van der Waals surface area contributed by atoms with Gasteiger partial charge in [-0.2, -0.15) is 0 Å². The van der Waals surface area contributed by atoms with Crippen LogP contribution in [0.25, 0.3) is 0 Å². The van der Waals surface area contributed by atoms with E-state index in [1.807, 2.05) is 6.07 Å². The maximum Gasteiger partial charge on any atom is 0.338 e. The number of likely N-dealkylation sites (tertiary alicyclic amines) is 1. The Balaban J connectivity index is 1.13. The van der Waals surface area contributed by atoms with Crippen molar-refractivity contribution in [1.82, 2.24) is 14.9 Å². The van der Waals surface area contributed by atoms with Crippen LogP contribution in [0.3, 0.4) is 0 Å². The lowest BCUT2D eigenvalue weighted by Crippen LogP contribution is -2.47. The van der Waals surface area contributed by atoms with Crippen molar-refractivity contribution in [3.8, 4) is 0 Å². The van der Waals surface area contributed by atoms with Gasteiger partial charge in [-0.3, -0.25) is 0 Å². The molecule has 3 aliphatic rings. The van der Waals surface area contributed by atoms with Crippen molar-refractivity contribution in [3.63, 3.8) is 0 Å². The molecule has 0 atom stereocenters. The van der Waals surface area contributed by atoms with Crippen LogP contribution in [0.4, 0.5) is 11.6 Å². The molecule has 2 N–H and O–H groups in total. The molecule has 0 bridgehead atoms. The van der Waals surface area contributed by atoms with Crippen LogP contribution < -0.4 is 10.6 Å². The molecule has 0 aliphatic carbocycles. The monoisotopic (exact) mass is 421 g/mol. The zero-order valence-electron chi connectivity index (χ0n) is 18.3. The highest BCUT2D eigenvalue weighted by atomic mass is 16.5. The Morgan fingerprint density at radius 3 is 2.52 bits per heavy atom. The number of carbonyl (C=O) groups excluding carboxylic acids is 1. The van der Waals surface area contributed by atoms with Gasteiger partial charge in [-0.25, -0.2) is 14.8 Å². The number of aromatic nitrogens is 2. The lowest BCUT2D eigenvalue weighted by atomic mass is 9.71. The molecule has 7 nitrogen and oxygen atoms in total. The van der Waals surface area contributed by atoms with Crippen molar-refractivity contribution in [2.24, 2.45) is 5.41 Å². The molecule has 2 fully saturated rings. The number of fused-ring (bicyclic) bond motifs is 1. The number of nitrogens with zero attached hydrogens (tertiary/aromatic N) is 4. The van der Waals surface area contributed by atoms with Crippen molar-refractivity contribution < 1.29 is 9.53 Å². The molecule has 0 radical (unpaired) electrons. The fourth-order valence-corrected chi connectivity index (χ4v) is 5.48. The predicted molar refractivity (Wildman–Crippen MR) is 120 cm³/mol. The first kappa shape index (κ1) is 20.2. The number of nitrogens with two attached hydrogens (primary N) is 1. The highest BCUT2D eigenvalue weighted by Gasteiger charge is 2.38. The number of ether oxygens (including phenoxy) is 1. The predicted octanol–water partition coefficient (Wildman–Crippen LogP) is 2.96. The fourth-order valence-electron chi connectivity index (χ4n) is 5.48. The number of rotatable bonds is 4. The molecule has 0 unspecified atom stereocenters. The number of carbonyl (C=O) groups is 1. The van der Waals surface area contributed by atoms with Crippen molar-refractivity contribution in [2.75, 3.05) is 43.4 Å². The van der Waals surface area contributed by atoms with E-state index in [-0.39, 0.29) is 5.97 Å². The lowest BCUT2D eigenvalue weighted by Gasteiger charge is -2.47. The number of piperidine rings is 2. The third kappa shape index (κ3) is 3.87. The smallest absolute Gasteiger partial charge is 0.338 e. The van der Waals surface area contributed by atoms with E-state index in [4.69, 9.17) is 10.5 Å².